The Balaban J connectivity index is 2.37. The zero-order chi connectivity index (χ0) is 17.5. The fraction of sp³-hybridized carbons (Fsp3) is 0.188. The Morgan fingerprint density at radius 2 is 1.92 bits per heavy atom. The van der Waals surface area contributed by atoms with Crippen LogP contribution in [0.3, 0.4) is 0 Å². The van der Waals surface area contributed by atoms with Crippen LogP contribution in [-0.2, 0) is 25.2 Å². The second kappa shape index (κ2) is 5.86. The first kappa shape index (κ1) is 16.9. The number of carbonyl (C=O) groups excluding carboxylic acids is 1. The van der Waals surface area contributed by atoms with Gasteiger partial charge in [0, 0.05) is 10.6 Å². The molecule has 0 spiro atoms. The van der Waals surface area contributed by atoms with Crippen LogP contribution in [0.15, 0.2) is 53.4 Å². The molecule has 0 saturated carbocycles. The van der Waals surface area contributed by atoms with E-state index < -0.39 is 27.6 Å². The molecule has 0 saturated heterocycles. The lowest BCUT2D eigenvalue weighted by atomic mass is 9.80. The molecule has 2 atom stereocenters. The molecule has 2 aromatic rings. The Morgan fingerprint density at radius 3 is 2.54 bits per heavy atom. The second-order valence-electron chi connectivity index (χ2n) is 5.35. The zero-order valence-corrected chi connectivity index (χ0v) is 14.1. The zero-order valence-electron chi connectivity index (χ0n) is 12.6. The lowest BCUT2D eigenvalue weighted by Crippen LogP contribution is -2.59. The van der Waals surface area contributed by atoms with E-state index in [0.29, 0.717) is 5.56 Å². The lowest BCUT2D eigenvalue weighted by molar-refractivity contribution is -0.149. The van der Waals surface area contributed by atoms with Gasteiger partial charge in [-0.15, -0.1) is 0 Å². The predicted molar refractivity (Wildman–Crippen MR) is 87.0 cm³/mol. The number of aliphatic hydroxyl groups is 1. The summed E-state index contributed by atoms with van der Waals surface area (Å²) in [5, 5.41) is 11.7. The van der Waals surface area contributed by atoms with Crippen molar-refractivity contribution in [2.75, 3.05) is 7.11 Å². The van der Waals surface area contributed by atoms with Crippen molar-refractivity contribution in [1.29, 1.82) is 0 Å². The summed E-state index contributed by atoms with van der Waals surface area (Å²) in [4.78, 5) is 12.1. The van der Waals surface area contributed by atoms with Crippen LogP contribution < -0.4 is 4.72 Å². The molecule has 0 amide bonds. The van der Waals surface area contributed by atoms with Gasteiger partial charge in [0.05, 0.1) is 12.0 Å². The molecular formula is C16H14ClNO5S. The number of nitrogens with one attached hydrogen (secondary N) is 1. The highest BCUT2D eigenvalue weighted by atomic mass is 35.5. The topological polar surface area (TPSA) is 92.7 Å². The number of halogens is 1. The van der Waals surface area contributed by atoms with Gasteiger partial charge in [0.1, 0.15) is 5.60 Å². The van der Waals surface area contributed by atoms with Gasteiger partial charge in [0.15, 0.2) is 6.04 Å². The van der Waals surface area contributed by atoms with Crippen LogP contribution in [0.4, 0.5) is 0 Å². The van der Waals surface area contributed by atoms with Crippen molar-refractivity contribution >= 4 is 27.6 Å². The first-order chi connectivity index (χ1) is 11.3. The van der Waals surface area contributed by atoms with Gasteiger partial charge in [-0.3, -0.25) is 4.79 Å². The van der Waals surface area contributed by atoms with Gasteiger partial charge in [0.2, 0.25) is 10.0 Å². The van der Waals surface area contributed by atoms with Crippen molar-refractivity contribution in [3.63, 3.8) is 0 Å². The monoisotopic (exact) mass is 367 g/mol. The number of fused-ring (bicyclic) bond motifs is 1. The molecule has 8 heteroatoms. The molecule has 0 radical (unpaired) electrons. The molecule has 1 heterocycles. The van der Waals surface area contributed by atoms with Gasteiger partial charge in [-0.05, 0) is 23.8 Å². The molecule has 0 aliphatic carbocycles. The predicted octanol–water partition coefficient (Wildman–Crippen LogP) is 1.41. The number of benzene rings is 2. The summed E-state index contributed by atoms with van der Waals surface area (Å²) in [5.74, 6) is -0.907. The fourth-order valence-electron chi connectivity index (χ4n) is 2.84. The van der Waals surface area contributed by atoms with E-state index in [-0.39, 0.29) is 15.5 Å². The summed E-state index contributed by atoms with van der Waals surface area (Å²) in [5.41, 5.74) is -1.60. The average Bonchev–Trinajstić information content (AvgIpc) is 2.58. The van der Waals surface area contributed by atoms with Crippen LogP contribution in [-0.4, -0.2) is 32.6 Å². The Kier molecular flexibility index (Phi) is 4.13. The molecule has 6 nitrogen and oxygen atoms in total. The molecule has 1 aliphatic rings. The third kappa shape index (κ3) is 2.50. The van der Waals surface area contributed by atoms with E-state index in [0.717, 1.165) is 7.11 Å². The molecule has 1 aliphatic heterocycles. The van der Waals surface area contributed by atoms with E-state index in [9.17, 15) is 18.3 Å². The third-order valence-corrected chi connectivity index (χ3v) is 5.70. The van der Waals surface area contributed by atoms with Gasteiger partial charge in [-0.25, -0.2) is 8.42 Å². The van der Waals surface area contributed by atoms with Crippen molar-refractivity contribution in [1.82, 2.24) is 4.72 Å². The molecule has 0 fully saturated rings. The highest BCUT2D eigenvalue weighted by molar-refractivity contribution is 7.89. The number of ether oxygens (including phenoxy) is 1. The number of methoxy groups -OCH3 is 1. The van der Waals surface area contributed by atoms with E-state index in [1.54, 1.807) is 30.3 Å². The second-order valence-corrected chi connectivity index (χ2v) is 7.47. The van der Waals surface area contributed by atoms with Crippen molar-refractivity contribution in [2.24, 2.45) is 0 Å². The maximum atomic E-state index is 12.5. The van der Waals surface area contributed by atoms with Gasteiger partial charge in [-0.2, -0.15) is 4.72 Å². The summed E-state index contributed by atoms with van der Waals surface area (Å²) >= 11 is 6.00. The highest BCUT2D eigenvalue weighted by Gasteiger charge is 2.53. The van der Waals surface area contributed by atoms with Crippen LogP contribution >= 0.6 is 11.6 Å². The molecular weight excluding hydrogens is 354 g/mol. The van der Waals surface area contributed by atoms with Crippen LogP contribution in [0, 0.1) is 0 Å². The van der Waals surface area contributed by atoms with Crippen molar-refractivity contribution in [3.8, 4) is 0 Å². The highest BCUT2D eigenvalue weighted by Crippen LogP contribution is 2.42. The van der Waals surface area contributed by atoms with Gasteiger partial charge in [-0.1, -0.05) is 41.9 Å². The summed E-state index contributed by atoms with van der Waals surface area (Å²) in [6.45, 7) is 0. The van der Waals surface area contributed by atoms with E-state index >= 15 is 0 Å². The normalized spacial score (nSPS) is 24.9. The number of carbonyl (C=O) groups is 1. The molecule has 2 unspecified atom stereocenters. The van der Waals surface area contributed by atoms with E-state index in [2.05, 4.69) is 9.46 Å². The molecule has 2 aromatic carbocycles. The maximum absolute atomic E-state index is 12.5. The Hall–Kier alpha value is -1.93. The van der Waals surface area contributed by atoms with Gasteiger partial charge in [0.25, 0.3) is 0 Å². The third-order valence-electron chi connectivity index (χ3n) is 3.98. The standard InChI is InChI=1S/C16H14ClNO5S/c1-23-15(19)14-16(20,10-5-3-2-4-6-10)12-9-11(17)7-8-13(12)24(21,22)18-14/h2-9,14,18,20H,1H3. The van der Waals surface area contributed by atoms with Gasteiger partial charge >= 0.3 is 5.97 Å². The molecule has 126 valence electrons. The summed E-state index contributed by atoms with van der Waals surface area (Å²) in [6.07, 6.45) is 0. The number of hydrogen-bond acceptors (Lipinski definition) is 5. The van der Waals surface area contributed by atoms with E-state index in [4.69, 9.17) is 11.6 Å². The van der Waals surface area contributed by atoms with Crippen LogP contribution in [0.1, 0.15) is 11.1 Å². The largest absolute Gasteiger partial charge is 0.468 e. The van der Waals surface area contributed by atoms with Crippen molar-refractivity contribution < 1.29 is 23.1 Å². The Bertz CT molecular complexity index is 900. The minimum Gasteiger partial charge on any atom is -0.468 e. The van der Waals surface area contributed by atoms with Crippen LogP contribution in [0.2, 0.25) is 5.02 Å². The molecule has 24 heavy (non-hydrogen) atoms. The lowest BCUT2D eigenvalue weighted by Gasteiger charge is -2.40. The number of rotatable bonds is 2. The van der Waals surface area contributed by atoms with Crippen LogP contribution in [0.5, 0.6) is 0 Å². The first-order valence-corrected chi connectivity index (χ1v) is 8.85. The SMILES string of the molecule is COC(=O)C1NS(=O)(=O)c2ccc(Cl)cc2C1(O)c1ccccc1. The van der Waals surface area contributed by atoms with E-state index in [1.165, 1.54) is 18.2 Å². The summed E-state index contributed by atoms with van der Waals surface area (Å²) < 4.78 is 31.8. The summed E-state index contributed by atoms with van der Waals surface area (Å²) in [6, 6.07) is 10.8. The fourth-order valence-corrected chi connectivity index (χ4v) is 4.47. The molecule has 0 aromatic heterocycles. The number of sulfonamides is 1. The molecule has 2 N–H and O–H groups in total. The van der Waals surface area contributed by atoms with E-state index in [1.807, 2.05) is 0 Å². The maximum Gasteiger partial charge on any atom is 0.327 e. The quantitative estimate of drug-likeness (QED) is 0.783. The summed E-state index contributed by atoms with van der Waals surface area (Å²) in [7, 11) is -2.89. The minimum atomic E-state index is -4.01. The Labute approximate surface area is 144 Å². The van der Waals surface area contributed by atoms with Crippen molar-refractivity contribution in [2.45, 2.75) is 16.5 Å². The smallest absolute Gasteiger partial charge is 0.327 e. The van der Waals surface area contributed by atoms with Gasteiger partial charge < -0.3 is 9.84 Å². The minimum absolute atomic E-state index is 0.0235. The van der Waals surface area contributed by atoms with Crippen molar-refractivity contribution in [3.05, 3.63) is 64.7 Å². The first-order valence-electron chi connectivity index (χ1n) is 6.99. The van der Waals surface area contributed by atoms with Crippen LogP contribution in [0.25, 0.3) is 0 Å². The number of hydrogen-bond donors (Lipinski definition) is 2. The average molecular weight is 368 g/mol. The number of esters is 1. The Morgan fingerprint density at radius 1 is 1.25 bits per heavy atom. The molecule has 0 bridgehead atoms. The molecule has 3 rings (SSSR count).